The Morgan fingerprint density at radius 1 is 1.29 bits per heavy atom. The minimum atomic E-state index is -0.392. The van der Waals surface area contributed by atoms with E-state index >= 15 is 0 Å². The van der Waals surface area contributed by atoms with Crippen LogP contribution in [0.1, 0.15) is 18.4 Å². The zero-order valence-corrected chi connectivity index (χ0v) is 9.68. The maximum absolute atomic E-state index is 11.2. The Morgan fingerprint density at radius 3 is 2.47 bits per heavy atom. The van der Waals surface area contributed by atoms with Crippen LogP contribution in [0.3, 0.4) is 0 Å². The summed E-state index contributed by atoms with van der Waals surface area (Å²) in [6.45, 7) is 3.27. The molecule has 0 unspecified atom stereocenters. The van der Waals surface area contributed by atoms with Crippen molar-refractivity contribution >= 4 is 17.2 Å². The summed E-state index contributed by atoms with van der Waals surface area (Å²) in [5, 5.41) is 10.6. The summed E-state index contributed by atoms with van der Waals surface area (Å²) >= 11 is 0. The topological polar surface area (TPSA) is 63.5 Å². The highest BCUT2D eigenvalue weighted by Crippen LogP contribution is 2.26. The van der Waals surface area contributed by atoms with Crippen molar-refractivity contribution in [1.82, 2.24) is 0 Å². The van der Waals surface area contributed by atoms with E-state index in [1.807, 2.05) is 6.92 Å². The summed E-state index contributed by atoms with van der Waals surface area (Å²) in [5.74, 6) is 0.292. The minimum absolute atomic E-state index is 0.110. The fraction of sp³-hybridized carbons (Fsp3) is 0.417. The summed E-state index contributed by atoms with van der Waals surface area (Å²) in [7, 11) is 0. The van der Waals surface area contributed by atoms with E-state index < -0.39 is 4.92 Å². The third-order valence-electron chi connectivity index (χ3n) is 3.05. The van der Waals surface area contributed by atoms with E-state index in [1.54, 1.807) is 12.1 Å². The number of hydrogen-bond donors (Lipinski definition) is 0. The number of anilines is 1. The minimum Gasteiger partial charge on any atom is -0.370 e. The predicted molar refractivity (Wildman–Crippen MR) is 64.3 cm³/mol. The molecule has 17 heavy (non-hydrogen) atoms. The normalized spacial score (nSPS) is 16.1. The third-order valence-corrected chi connectivity index (χ3v) is 3.05. The average molecular weight is 234 g/mol. The van der Waals surface area contributed by atoms with Crippen LogP contribution in [0.25, 0.3) is 0 Å². The maximum atomic E-state index is 11.2. The second kappa shape index (κ2) is 4.53. The molecule has 0 spiro atoms. The van der Waals surface area contributed by atoms with Gasteiger partial charge in [-0.15, -0.1) is 0 Å². The summed E-state index contributed by atoms with van der Waals surface area (Å²) < 4.78 is 0. The lowest BCUT2D eigenvalue weighted by Gasteiger charge is -2.29. The van der Waals surface area contributed by atoms with Gasteiger partial charge in [0.05, 0.1) is 4.92 Å². The number of nitro benzene ring substituents is 1. The Balaban J connectivity index is 2.21. The first-order chi connectivity index (χ1) is 8.08. The molecule has 1 saturated heterocycles. The van der Waals surface area contributed by atoms with Crippen LogP contribution in [0.15, 0.2) is 18.2 Å². The summed E-state index contributed by atoms with van der Waals surface area (Å²) in [5.41, 5.74) is 1.98. The number of hydrogen-bond acceptors (Lipinski definition) is 4. The number of ketones is 1. The first-order valence-corrected chi connectivity index (χ1v) is 5.59. The Kier molecular flexibility index (Phi) is 3.08. The maximum Gasteiger partial charge on any atom is 0.269 e. The van der Waals surface area contributed by atoms with Crippen LogP contribution >= 0.6 is 0 Å². The quantitative estimate of drug-likeness (QED) is 0.580. The fourth-order valence-corrected chi connectivity index (χ4v) is 2.11. The van der Waals surface area contributed by atoms with E-state index in [-0.39, 0.29) is 5.69 Å². The van der Waals surface area contributed by atoms with Gasteiger partial charge in [-0.3, -0.25) is 14.9 Å². The summed E-state index contributed by atoms with van der Waals surface area (Å²) in [6.07, 6.45) is 1.13. The van der Waals surface area contributed by atoms with Gasteiger partial charge in [0.2, 0.25) is 0 Å². The number of nitrogens with zero attached hydrogens (tertiary/aromatic N) is 2. The van der Waals surface area contributed by atoms with E-state index in [9.17, 15) is 14.9 Å². The molecule has 0 saturated carbocycles. The lowest BCUT2D eigenvalue weighted by atomic mass is 10.1. The molecule has 1 aliphatic rings. The second-order valence-corrected chi connectivity index (χ2v) is 4.25. The summed E-state index contributed by atoms with van der Waals surface area (Å²) in [6, 6.07) is 4.85. The molecule has 5 heteroatoms. The number of aryl methyl sites for hydroxylation is 1. The van der Waals surface area contributed by atoms with Gasteiger partial charge < -0.3 is 4.90 Å². The molecule has 0 bridgehead atoms. The van der Waals surface area contributed by atoms with Crippen LogP contribution in [-0.4, -0.2) is 23.8 Å². The van der Waals surface area contributed by atoms with E-state index in [4.69, 9.17) is 0 Å². The Bertz CT molecular complexity index is 461. The van der Waals surface area contributed by atoms with Crippen LogP contribution in [0.4, 0.5) is 11.4 Å². The Hall–Kier alpha value is -1.91. The molecule has 1 heterocycles. The Labute approximate surface area is 99.2 Å². The number of piperidine rings is 1. The van der Waals surface area contributed by atoms with Gasteiger partial charge in [-0.1, -0.05) is 0 Å². The highest BCUT2D eigenvalue weighted by atomic mass is 16.6. The van der Waals surface area contributed by atoms with E-state index in [0.717, 1.165) is 11.3 Å². The number of non-ortho nitro benzene ring substituents is 1. The molecule has 0 aromatic heterocycles. The standard InChI is InChI=1S/C12H14N2O3/c1-9-8-10(14(16)17)2-3-12(9)13-6-4-11(15)5-7-13/h2-3,8H,4-7H2,1H3. The number of carbonyl (C=O) groups is 1. The largest absolute Gasteiger partial charge is 0.370 e. The van der Waals surface area contributed by atoms with Crippen molar-refractivity contribution < 1.29 is 9.72 Å². The molecule has 1 aromatic carbocycles. The number of rotatable bonds is 2. The monoisotopic (exact) mass is 234 g/mol. The molecule has 2 rings (SSSR count). The van der Waals surface area contributed by atoms with Gasteiger partial charge in [0.1, 0.15) is 5.78 Å². The van der Waals surface area contributed by atoms with Gasteiger partial charge in [-0.05, 0) is 18.6 Å². The van der Waals surface area contributed by atoms with Crippen molar-refractivity contribution in [2.24, 2.45) is 0 Å². The molecule has 5 nitrogen and oxygen atoms in total. The molecule has 1 fully saturated rings. The number of Topliss-reactive ketones (excluding diaryl/α,β-unsaturated/α-hetero) is 1. The van der Waals surface area contributed by atoms with Crippen LogP contribution < -0.4 is 4.90 Å². The molecular weight excluding hydrogens is 220 g/mol. The van der Waals surface area contributed by atoms with Crippen molar-refractivity contribution in [3.63, 3.8) is 0 Å². The number of nitro groups is 1. The van der Waals surface area contributed by atoms with E-state index in [0.29, 0.717) is 31.7 Å². The second-order valence-electron chi connectivity index (χ2n) is 4.25. The third kappa shape index (κ3) is 2.43. The molecular formula is C12H14N2O3. The SMILES string of the molecule is Cc1cc([N+](=O)[O-])ccc1N1CCC(=O)CC1. The predicted octanol–water partition coefficient (Wildman–Crippen LogP) is 2.07. The van der Waals surface area contributed by atoms with Gasteiger partial charge in [-0.2, -0.15) is 0 Å². The van der Waals surface area contributed by atoms with Crippen molar-refractivity contribution in [3.05, 3.63) is 33.9 Å². The zero-order valence-electron chi connectivity index (χ0n) is 9.68. The van der Waals surface area contributed by atoms with Crippen molar-refractivity contribution in [2.75, 3.05) is 18.0 Å². The van der Waals surface area contributed by atoms with Crippen molar-refractivity contribution in [2.45, 2.75) is 19.8 Å². The van der Waals surface area contributed by atoms with Gasteiger partial charge in [0, 0.05) is 43.8 Å². The molecule has 0 amide bonds. The highest BCUT2D eigenvalue weighted by Gasteiger charge is 2.18. The fourth-order valence-electron chi connectivity index (χ4n) is 2.11. The number of carbonyl (C=O) groups excluding carboxylic acids is 1. The lowest BCUT2D eigenvalue weighted by molar-refractivity contribution is -0.384. The summed E-state index contributed by atoms with van der Waals surface area (Å²) in [4.78, 5) is 23.5. The highest BCUT2D eigenvalue weighted by molar-refractivity contribution is 5.81. The van der Waals surface area contributed by atoms with Crippen molar-refractivity contribution in [3.8, 4) is 0 Å². The molecule has 1 aromatic rings. The first kappa shape index (κ1) is 11.6. The van der Waals surface area contributed by atoms with E-state index in [2.05, 4.69) is 4.90 Å². The lowest BCUT2D eigenvalue weighted by Crippen LogP contribution is -2.34. The van der Waals surface area contributed by atoms with Gasteiger partial charge in [-0.25, -0.2) is 0 Å². The van der Waals surface area contributed by atoms with Crippen LogP contribution in [0.2, 0.25) is 0 Å². The van der Waals surface area contributed by atoms with Crippen LogP contribution in [0.5, 0.6) is 0 Å². The smallest absolute Gasteiger partial charge is 0.269 e. The van der Waals surface area contributed by atoms with Gasteiger partial charge in [0.25, 0.3) is 5.69 Å². The molecule has 1 aliphatic heterocycles. The number of benzene rings is 1. The zero-order chi connectivity index (χ0) is 12.4. The molecule has 0 atom stereocenters. The van der Waals surface area contributed by atoms with Crippen LogP contribution in [-0.2, 0) is 4.79 Å². The van der Waals surface area contributed by atoms with E-state index in [1.165, 1.54) is 6.07 Å². The van der Waals surface area contributed by atoms with Crippen LogP contribution in [0, 0.1) is 17.0 Å². The van der Waals surface area contributed by atoms with Crippen molar-refractivity contribution in [1.29, 1.82) is 0 Å². The molecule has 0 radical (unpaired) electrons. The first-order valence-electron chi connectivity index (χ1n) is 5.59. The van der Waals surface area contributed by atoms with Gasteiger partial charge in [0.15, 0.2) is 0 Å². The molecule has 0 aliphatic carbocycles. The molecule has 90 valence electrons. The molecule has 0 N–H and O–H groups in total. The van der Waals surface area contributed by atoms with Gasteiger partial charge >= 0.3 is 0 Å². The average Bonchev–Trinajstić information content (AvgIpc) is 2.30. The Morgan fingerprint density at radius 2 is 1.94 bits per heavy atom.